The van der Waals surface area contributed by atoms with E-state index in [9.17, 15) is 14.0 Å². The molecule has 2 heterocycles. The molecule has 0 aliphatic carbocycles. The number of halogens is 1. The highest BCUT2D eigenvalue weighted by Crippen LogP contribution is 2.42. The number of para-hydroxylation sites is 1. The summed E-state index contributed by atoms with van der Waals surface area (Å²) in [5.41, 5.74) is 3.10. The first kappa shape index (κ1) is 28.4. The molecule has 0 radical (unpaired) electrons. The van der Waals surface area contributed by atoms with Crippen molar-refractivity contribution in [2.45, 2.75) is 49.3 Å². The van der Waals surface area contributed by atoms with Gasteiger partial charge < -0.3 is 15.1 Å². The summed E-state index contributed by atoms with van der Waals surface area (Å²) in [6, 6.07) is 24.7. The van der Waals surface area contributed by atoms with Gasteiger partial charge in [-0.05, 0) is 86.6 Å². The quantitative estimate of drug-likeness (QED) is 0.313. The van der Waals surface area contributed by atoms with Crippen molar-refractivity contribution in [2.75, 3.05) is 31.1 Å². The molecule has 0 aromatic heterocycles. The number of nitrogens with one attached hydrogen (secondary N) is 1. The summed E-state index contributed by atoms with van der Waals surface area (Å²) >= 11 is 1.46. The zero-order chi connectivity index (χ0) is 27.9. The van der Waals surface area contributed by atoms with Crippen LogP contribution in [0.1, 0.15) is 37.3 Å². The fraction of sp³-hybridized carbons (Fsp3) is 0.394. The second-order valence-corrected chi connectivity index (χ2v) is 12.1. The Morgan fingerprint density at radius 2 is 1.68 bits per heavy atom. The van der Waals surface area contributed by atoms with Crippen molar-refractivity contribution in [2.24, 2.45) is 11.8 Å². The third-order valence-electron chi connectivity index (χ3n) is 8.07. The molecule has 1 N–H and O–H groups in total. The van der Waals surface area contributed by atoms with E-state index in [-0.39, 0.29) is 17.6 Å². The molecule has 40 heavy (non-hydrogen) atoms. The minimum atomic E-state index is -0.515. The smallest absolute Gasteiger partial charge is 0.241 e. The molecule has 0 spiro atoms. The van der Waals surface area contributed by atoms with Crippen molar-refractivity contribution in [3.8, 4) is 0 Å². The summed E-state index contributed by atoms with van der Waals surface area (Å²) in [5.74, 6) is -0.212. The van der Waals surface area contributed by atoms with Crippen molar-refractivity contribution in [1.82, 2.24) is 10.2 Å². The van der Waals surface area contributed by atoms with Gasteiger partial charge in [-0.2, -0.15) is 0 Å². The first-order valence-electron chi connectivity index (χ1n) is 14.3. The molecule has 1 saturated heterocycles. The minimum Gasteiger partial charge on any atom is -0.356 e. The van der Waals surface area contributed by atoms with Crippen molar-refractivity contribution < 1.29 is 14.0 Å². The topological polar surface area (TPSA) is 52.7 Å². The molecule has 5 nitrogen and oxygen atoms in total. The Morgan fingerprint density at radius 1 is 0.975 bits per heavy atom. The van der Waals surface area contributed by atoms with E-state index >= 15 is 0 Å². The van der Waals surface area contributed by atoms with Crippen molar-refractivity contribution in [3.05, 3.63) is 95.8 Å². The highest BCUT2D eigenvalue weighted by Gasteiger charge is 2.39. The van der Waals surface area contributed by atoms with Crippen molar-refractivity contribution in [3.63, 3.8) is 0 Å². The summed E-state index contributed by atoms with van der Waals surface area (Å²) in [4.78, 5) is 32.0. The Morgan fingerprint density at radius 3 is 2.42 bits per heavy atom. The zero-order valence-electron chi connectivity index (χ0n) is 23.1. The molecule has 0 bridgehead atoms. The van der Waals surface area contributed by atoms with E-state index in [1.807, 2.05) is 31.2 Å². The SMILES string of the molecule is C[C@@H](C(=O)NCCCN1CCC(Cc2ccccc2)CC1)[C@H]1Sc2ccccc2N(Cc2ccc(F)cc2)C1=O. The number of fused-ring (bicyclic) bond motifs is 1. The number of carbonyl (C=O) groups excluding carboxylic acids is 2. The number of benzene rings is 3. The lowest BCUT2D eigenvalue weighted by Gasteiger charge is -2.36. The van der Waals surface area contributed by atoms with Crippen LogP contribution in [0, 0.1) is 17.7 Å². The lowest BCUT2D eigenvalue weighted by Crippen LogP contribution is -2.47. The average Bonchev–Trinajstić information content (AvgIpc) is 2.98. The van der Waals surface area contributed by atoms with E-state index in [4.69, 9.17) is 0 Å². The molecule has 2 amide bonds. The van der Waals surface area contributed by atoms with Gasteiger partial charge in [0.2, 0.25) is 11.8 Å². The lowest BCUT2D eigenvalue weighted by molar-refractivity contribution is -0.128. The summed E-state index contributed by atoms with van der Waals surface area (Å²) in [6.07, 6.45) is 4.49. The molecule has 210 valence electrons. The van der Waals surface area contributed by atoms with E-state index in [1.54, 1.807) is 17.0 Å². The van der Waals surface area contributed by atoms with Gasteiger partial charge in [-0.3, -0.25) is 9.59 Å². The third kappa shape index (κ3) is 7.12. The van der Waals surface area contributed by atoms with Crippen LogP contribution in [0.25, 0.3) is 0 Å². The number of piperidine rings is 1. The molecule has 2 aliphatic rings. The number of hydrogen-bond acceptors (Lipinski definition) is 4. The van der Waals surface area contributed by atoms with Gasteiger partial charge in [0.05, 0.1) is 18.2 Å². The molecular formula is C33H38FN3O2S. The Hall–Kier alpha value is -3.16. The van der Waals surface area contributed by atoms with Crippen LogP contribution in [0.15, 0.2) is 83.8 Å². The maximum absolute atomic E-state index is 13.6. The fourth-order valence-corrected chi connectivity index (χ4v) is 6.95. The molecular weight excluding hydrogens is 521 g/mol. The highest BCUT2D eigenvalue weighted by molar-refractivity contribution is 8.01. The number of nitrogens with zero attached hydrogens (tertiary/aromatic N) is 2. The Kier molecular flexibility index (Phi) is 9.55. The van der Waals surface area contributed by atoms with Gasteiger partial charge in [-0.15, -0.1) is 11.8 Å². The predicted octanol–water partition coefficient (Wildman–Crippen LogP) is 5.93. The molecule has 2 aliphatic heterocycles. The van der Waals surface area contributed by atoms with Gasteiger partial charge in [0, 0.05) is 11.4 Å². The molecule has 0 unspecified atom stereocenters. The Labute approximate surface area is 241 Å². The molecule has 1 fully saturated rings. The third-order valence-corrected chi connectivity index (χ3v) is 9.53. The van der Waals surface area contributed by atoms with Crippen molar-refractivity contribution >= 4 is 29.3 Å². The van der Waals surface area contributed by atoms with Gasteiger partial charge in [-0.25, -0.2) is 4.39 Å². The van der Waals surface area contributed by atoms with E-state index in [0.29, 0.717) is 13.1 Å². The van der Waals surface area contributed by atoms with Crippen LogP contribution < -0.4 is 10.2 Å². The molecule has 3 aromatic carbocycles. The van der Waals surface area contributed by atoms with E-state index in [2.05, 4.69) is 40.5 Å². The monoisotopic (exact) mass is 559 g/mol. The summed E-state index contributed by atoms with van der Waals surface area (Å²) in [6.45, 7) is 5.98. The fourth-order valence-electron chi connectivity index (χ4n) is 5.67. The number of likely N-dealkylation sites (tertiary alicyclic amines) is 1. The Bertz CT molecular complexity index is 1280. The Balaban J connectivity index is 1.09. The minimum absolute atomic E-state index is 0.0888. The standard InChI is InChI=1S/C33H38FN3O2S/c1-24(32(38)35-18-7-19-36-20-16-26(17-21-36)22-25-8-3-2-4-9-25)31-33(39)37(23-27-12-14-28(34)15-13-27)29-10-5-6-11-30(29)40-31/h2-6,8-15,24,26,31H,7,16-23H2,1H3,(H,35,38)/t24-,31-/m1/s1. The molecule has 5 rings (SSSR count). The maximum atomic E-state index is 13.6. The lowest BCUT2D eigenvalue weighted by atomic mass is 9.90. The second kappa shape index (κ2) is 13.5. The van der Waals surface area contributed by atoms with Crippen LogP contribution in [0.3, 0.4) is 0 Å². The summed E-state index contributed by atoms with van der Waals surface area (Å²) in [7, 11) is 0. The first-order valence-corrected chi connectivity index (χ1v) is 15.2. The number of amides is 2. The van der Waals surface area contributed by atoms with Gasteiger partial charge >= 0.3 is 0 Å². The predicted molar refractivity (Wildman–Crippen MR) is 160 cm³/mol. The van der Waals surface area contributed by atoms with Crippen molar-refractivity contribution in [1.29, 1.82) is 0 Å². The van der Waals surface area contributed by atoms with Gasteiger partial charge in [-0.1, -0.05) is 61.5 Å². The number of hydrogen-bond donors (Lipinski definition) is 1. The number of thioether (sulfide) groups is 1. The van der Waals surface area contributed by atoms with Crippen LogP contribution in [0.5, 0.6) is 0 Å². The number of anilines is 1. The first-order chi connectivity index (χ1) is 19.5. The van der Waals surface area contributed by atoms with Crippen LogP contribution in [0.2, 0.25) is 0 Å². The van der Waals surface area contributed by atoms with Crippen LogP contribution in [-0.4, -0.2) is 48.1 Å². The van der Waals surface area contributed by atoms with Gasteiger partial charge in [0.1, 0.15) is 11.1 Å². The number of rotatable bonds is 10. The molecule has 7 heteroatoms. The van der Waals surface area contributed by atoms with Gasteiger partial charge in [0.15, 0.2) is 0 Å². The average molecular weight is 560 g/mol. The van der Waals surface area contributed by atoms with E-state index < -0.39 is 11.2 Å². The second-order valence-electron chi connectivity index (χ2n) is 11.0. The molecule has 0 saturated carbocycles. The summed E-state index contributed by atoms with van der Waals surface area (Å²) in [5, 5.41) is 2.57. The summed E-state index contributed by atoms with van der Waals surface area (Å²) < 4.78 is 13.4. The normalized spacial score (nSPS) is 18.8. The van der Waals surface area contributed by atoms with E-state index in [0.717, 1.165) is 54.5 Å². The van der Waals surface area contributed by atoms with Crippen LogP contribution in [-0.2, 0) is 22.6 Å². The van der Waals surface area contributed by atoms with Crippen LogP contribution >= 0.6 is 11.8 Å². The molecule has 3 aromatic rings. The number of carbonyl (C=O) groups is 2. The highest BCUT2D eigenvalue weighted by atomic mass is 32.2. The van der Waals surface area contributed by atoms with Crippen LogP contribution in [0.4, 0.5) is 10.1 Å². The maximum Gasteiger partial charge on any atom is 0.241 e. The largest absolute Gasteiger partial charge is 0.356 e. The van der Waals surface area contributed by atoms with E-state index in [1.165, 1.54) is 42.3 Å². The van der Waals surface area contributed by atoms with Gasteiger partial charge in [0.25, 0.3) is 0 Å². The zero-order valence-corrected chi connectivity index (χ0v) is 23.9. The molecule has 2 atom stereocenters.